The lowest BCUT2D eigenvalue weighted by molar-refractivity contribution is 0.273. The summed E-state index contributed by atoms with van der Waals surface area (Å²) in [5.74, 6) is 0.378. The molecule has 0 aliphatic carbocycles. The van der Waals surface area contributed by atoms with E-state index < -0.39 is 16.6 Å². The Morgan fingerprint density at radius 1 is 1.45 bits per heavy atom. The smallest absolute Gasteiger partial charge is 0.265 e. The molecule has 0 radical (unpaired) electrons. The van der Waals surface area contributed by atoms with Gasteiger partial charge in [-0.15, -0.1) is 0 Å². The van der Waals surface area contributed by atoms with Crippen LogP contribution in [-0.4, -0.2) is 35.8 Å². The first kappa shape index (κ1) is 14.3. The lowest BCUT2D eigenvalue weighted by atomic mass is 10.4. The summed E-state index contributed by atoms with van der Waals surface area (Å²) in [7, 11) is -2.38. The zero-order valence-corrected chi connectivity index (χ0v) is 11.7. The SMILES string of the molecule is COc1ccc(NS(=O)(=O)c2c(CO)n[nH]c2C)cn1. The maximum absolute atomic E-state index is 12.3. The van der Waals surface area contributed by atoms with Crippen LogP contribution in [0, 0.1) is 6.92 Å². The third-order valence-corrected chi connectivity index (χ3v) is 4.16. The van der Waals surface area contributed by atoms with Crippen LogP contribution in [0.2, 0.25) is 0 Å². The number of hydrogen-bond donors (Lipinski definition) is 3. The van der Waals surface area contributed by atoms with E-state index in [2.05, 4.69) is 19.9 Å². The normalized spacial score (nSPS) is 11.3. The number of anilines is 1. The second kappa shape index (κ2) is 5.47. The standard InChI is InChI=1S/C11H14N4O4S/c1-7-11(9(6-16)14-13-7)20(17,18)15-8-3-4-10(19-2)12-5-8/h3-5,15-16H,6H2,1-2H3,(H,13,14). The molecular weight excluding hydrogens is 284 g/mol. The summed E-state index contributed by atoms with van der Waals surface area (Å²) in [5, 5.41) is 15.4. The van der Waals surface area contributed by atoms with Gasteiger partial charge < -0.3 is 9.84 Å². The highest BCUT2D eigenvalue weighted by atomic mass is 32.2. The highest BCUT2D eigenvalue weighted by Crippen LogP contribution is 2.21. The number of sulfonamides is 1. The van der Waals surface area contributed by atoms with Gasteiger partial charge in [0.2, 0.25) is 5.88 Å². The first-order chi connectivity index (χ1) is 9.47. The van der Waals surface area contributed by atoms with Crippen LogP contribution >= 0.6 is 0 Å². The summed E-state index contributed by atoms with van der Waals surface area (Å²) in [6, 6.07) is 3.06. The fourth-order valence-electron chi connectivity index (χ4n) is 1.70. The number of methoxy groups -OCH3 is 1. The molecule has 0 fully saturated rings. The number of hydrogen-bond acceptors (Lipinski definition) is 6. The Kier molecular flexibility index (Phi) is 3.91. The topological polar surface area (TPSA) is 117 Å². The summed E-state index contributed by atoms with van der Waals surface area (Å²) >= 11 is 0. The predicted octanol–water partition coefficient (Wildman–Crippen LogP) is 0.415. The summed E-state index contributed by atoms with van der Waals surface area (Å²) in [5.41, 5.74) is 0.704. The van der Waals surface area contributed by atoms with Crippen molar-refractivity contribution in [2.24, 2.45) is 0 Å². The van der Waals surface area contributed by atoms with Crippen molar-refractivity contribution in [2.45, 2.75) is 18.4 Å². The van der Waals surface area contributed by atoms with Gasteiger partial charge in [-0.05, 0) is 13.0 Å². The Hall–Kier alpha value is -2.13. The first-order valence-corrected chi connectivity index (χ1v) is 7.14. The third kappa shape index (κ3) is 2.73. The minimum absolute atomic E-state index is 0.0594. The monoisotopic (exact) mass is 298 g/mol. The van der Waals surface area contributed by atoms with E-state index in [-0.39, 0.29) is 16.3 Å². The number of aliphatic hydroxyl groups excluding tert-OH is 1. The van der Waals surface area contributed by atoms with Crippen molar-refractivity contribution in [3.63, 3.8) is 0 Å². The first-order valence-electron chi connectivity index (χ1n) is 5.65. The molecule has 2 rings (SSSR count). The average molecular weight is 298 g/mol. The van der Waals surface area contributed by atoms with Crippen LogP contribution < -0.4 is 9.46 Å². The van der Waals surface area contributed by atoms with Gasteiger partial charge in [0.15, 0.2) is 0 Å². The number of aliphatic hydroxyl groups is 1. The average Bonchev–Trinajstić information content (AvgIpc) is 2.81. The number of ether oxygens (including phenoxy) is 1. The molecule has 9 heteroatoms. The highest BCUT2D eigenvalue weighted by molar-refractivity contribution is 7.92. The van der Waals surface area contributed by atoms with Crippen molar-refractivity contribution in [3.8, 4) is 5.88 Å². The molecule has 108 valence electrons. The Bertz CT molecular complexity index is 694. The van der Waals surface area contributed by atoms with Gasteiger partial charge >= 0.3 is 0 Å². The van der Waals surface area contributed by atoms with Gasteiger partial charge in [0, 0.05) is 6.07 Å². The molecule has 0 amide bonds. The molecule has 0 saturated heterocycles. The number of aryl methyl sites for hydroxylation is 1. The molecule has 2 aromatic rings. The van der Waals surface area contributed by atoms with E-state index in [0.717, 1.165) is 0 Å². The number of aromatic nitrogens is 3. The number of rotatable bonds is 5. The summed E-state index contributed by atoms with van der Waals surface area (Å²) in [4.78, 5) is 3.85. The molecule has 0 spiro atoms. The summed E-state index contributed by atoms with van der Waals surface area (Å²) in [6.07, 6.45) is 1.34. The van der Waals surface area contributed by atoms with Crippen LogP contribution in [0.4, 0.5) is 5.69 Å². The van der Waals surface area contributed by atoms with Crippen molar-refractivity contribution in [1.82, 2.24) is 15.2 Å². The van der Waals surface area contributed by atoms with Crippen LogP contribution in [0.3, 0.4) is 0 Å². The van der Waals surface area contributed by atoms with E-state index in [1.807, 2.05) is 0 Å². The molecule has 8 nitrogen and oxygen atoms in total. The molecule has 0 aromatic carbocycles. The largest absolute Gasteiger partial charge is 0.481 e. The number of pyridine rings is 1. The summed E-state index contributed by atoms with van der Waals surface area (Å²) in [6.45, 7) is 1.09. The van der Waals surface area contributed by atoms with Gasteiger partial charge in [0.05, 0.1) is 31.3 Å². The van der Waals surface area contributed by atoms with Crippen LogP contribution in [0.5, 0.6) is 5.88 Å². The molecule has 0 bridgehead atoms. The van der Waals surface area contributed by atoms with Crippen molar-refractivity contribution < 1.29 is 18.3 Å². The van der Waals surface area contributed by atoms with Gasteiger partial charge in [-0.1, -0.05) is 0 Å². The zero-order valence-electron chi connectivity index (χ0n) is 10.9. The van der Waals surface area contributed by atoms with E-state index in [0.29, 0.717) is 11.6 Å². The van der Waals surface area contributed by atoms with Gasteiger partial charge in [-0.3, -0.25) is 9.82 Å². The molecule has 0 aliphatic rings. The number of H-pyrrole nitrogens is 1. The Morgan fingerprint density at radius 2 is 2.20 bits per heavy atom. The molecule has 0 atom stereocenters. The quantitative estimate of drug-likeness (QED) is 0.736. The Balaban J connectivity index is 2.32. The van der Waals surface area contributed by atoms with Crippen LogP contribution in [0.25, 0.3) is 0 Å². The van der Waals surface area contributed by atoms with Crippen LogP contribution in [-0.2, 0) is 16.6 Å². The van der Waals surface area contributed by atoms with E-state index in [1.165, 1.54) is 25.4 Å². The van der Waals surface area contributed by atoms with E-state index >= 15 is 0 Å². The Labute approximate surface area is 115 Å². The van der Waals surface area contributed by atoms with Gasteiger partial charge in [0.25, 0.3) is 10.0 Å². The number of nitrogens with zero attached hydrogens (tertiary/aromatic N) is 2. The van der Waals surface area contributed by atoms with E-state index in [4.69, 9.17) is 9.84 Å². The molecule has 20 heavy (non-hydrogen) atoms. The van der Waals surface area contributed by atoms with E-state index in [9.17, 15) is 8.42 Å². The lowest BCUT2D eigenvalue weighted by Gasteiger charge is -2.08. The third-order valence-electron chi connectivity index (χ3n) is 2.58. The van der Waals surface area contributed by atoms with Crippen molar-refractivity contribution in [3.05, 3.63) is 29.7 Å². The molecule has 0 unspecified atom stereocenters. The van der Waals surface area contributed by atoms with Crippen LogP contribution in [0.15, 0.2) is 23.2 Å². The van der Waals surface area contributed by atoms with E-state index in [1.54, 1.807) is 6.92 Å². The van der Waals surface area contributed by atoms with Gasteiger partial charge in [-0.2, -0.15) is 5.10 Å². The number of nitrogens with one attached hydrogen (secondary N) is 2. The second-order valence-electron chi connectivity index (χ2n) is 3.98. The fourth-order valence-corrected chi connectivity index (χ4v) is 3.10. The highest BCUT2D eigenvalue weighted by Gasteiger charge is 2.24. The fraction of sp³-hybridized carbons (Fsp3) is 0.273. The molecule has 2 heterocycles. The lowest BCUT2D eigenvalue weighted by Crippen LogP contribution is -2.15. The van der Waals surface area contributed by atoms with Crippen LogP contribution in [0.1, 0.15) is 11.4 Å². The zero-order chi connectivity index (χ0) is 14.8. The molecule has 2 aromatic heterocycles. The minimum Gasteiger partial charge on any atom is -0.481 e. The number of aromatic amines is 1. The molecule has 0 saturated carbocycles. The maximum Gasteiger partial charge on any atom is 0.265 e. The predicted molar refractivity (Wildman–Crippen MR) is 70.8 cm³/mol. The molecular formula is C11H14N4O4S. The Morgan fingerprint density at radius 3 is 2.75 bits per heavy atom. The minimum atomic E-state index is -3.85. The molecule has 3 N–H and O–H groups in total. The van der Waals surface area contributed by atoms with Crippen molar-refractivity contribution in [2.75, 3.05) is 11.8 Å². The van der Waals surface area contributed by atoms with Gasteiger partial charge in [0.1, 0.15) is 10.6 Å². The van der Waals surface area contributed by atoms with Gasteiger partial charge in [-0.25, -0.2) is 13.4 Å². The van der Waals surface area contributed by atoms with Crippen molar-refractivity contribution >= 4 is 15.7 Å². The maximum atomic E-state index is 12.3. The summed E-state index contributed by atoms with van der Waals surface area (Å²) < 4.78 is 31.8. The molecule has 0 aliphatic heterocycles. The van der Waals surface area contributed by atoms with Crippen molar-refractivity contribution in [1.29, 1.82) is 0 Å². The second-order valence-corrected chi connectivity index (χ2v) is 5.60.